The van der Waals surface area contributed by atoms with Crippen LogP contribution in [0.5, 0.6) is 5.75 Å². The van der Waals surface area contributed by atoms with Gasteiger partial charge in [-0.3, -0.25) is 13.9 Å². The van der Waals surface area contributed by atoms with E-state index in [0.717, 1.165) is 9.87 Å². The summed E-state index contributed by atoms with van der Waals surface area (Å²) in [6, 6.07) is 21.5. The van der Waals surface area contributed by atoms with Gasteiger partial charge >= 0.3 is 0 Å². The molecule has 0 spiro atoms. The molecule has 1 unspecified atom stereocenters. The Morgan fingerprint density at radius 3 is 2.12 bits per heavy atom. The number of carbonyl (C=O) groups excluding carboxylic acids is 2. The fourth-order valence-electron chi connectivity index (χ4n) is 4.35. The van der Waals surface area contributed by atoms with E-state index in [2.05, 4.69) is 5.32 Å². The monoisotopic (exact) mass is 565 g/mol. The molecule has 40 heavy (non-hydrogen) atoms. The van der Waals surface area contributed by atoms with Crippen molar-refractivity contribution in [3.05, 3.63) is 90.0 Å². The molecule has 0 heterocycles. The fraction of sp³-hybridized carbons (Fsp3) is 0.355. The van der Waals surface area contributed by atoms with E-state index in [0.29, 0.717) is 30.0 Å². The smallest absolute Gasteiger partial charge is 0.264 e. The molecular weight excluding hydrogens is 526 g/mol. The quantitative estimate of drug-likeness (QED) is 0.322. The van der Waals surface area contributed by atoms with Crippen LogP contribution in [0, 0.1) is 12.8 Å². The van der Waals surface area contributed by atoms with Gasteiger partial charge in [0.15, 0.2) is 0 Å². The third-order valence-electron chi connectivity index (χ3n) is 6.58. The number of amides is 2. The zero-order valence-electron chi connectivity index (χ0n) is 23.8. The molecule has 0 radical (unpaired) electrons. The molecule has 214 valence electrons. The summed E-state index contributed by atoms with van der Waals surface area (Å²) in [7, 11) is -2.52. The van der Waals surface area contributed by atoms with Crippen molar-refractivity contribution >= 4 is 27.5 Å². The van der Waals surface area contributed by atoms with Crippen LogP contribution in [0.1, 0.15) is 38.3 Å². The lowest BCUT2D eigenvalue weighted by atomic mass is 10.1. The summed E-state index contributed by atoms with van der Waals surface area (Å²) in [5.41, 5.74) is 1.90. The van der Waals surface area contributed by atoms with Gasteiger partial charge in [0.25, 0.3) is 10.0 Å². The SMILES string of the molecule is CCC(C(=O)NCC(C)C)N(Cc1ccc(OC)cc1)C(=O)CN(c1ccccc1C)S(=O)(=O)c1ccccc1. The zero-order valence-corrected chi connectivity index (χ0v) is 24.6. The van der Waals surface area contributed by atoms with Crippen molar-refractivity contribution in [1.82, 2.24) is 10.2 Å². The lowest BCUT2D eigenvalue weighted by molar-refractivity contribution is -0.140. The van der Waals surface area contributed by atoms with E-state index in [1.54, 1.807) is 62.6 Å². The zero-order chi connectivity index (χ0) is 29.3. The van der Waals surface area contributed by atoms with Crippen molar-refractivity contribution in [2.75, 3.05) is 24.5 Å². The van der Waals surface area contributed by atoms with Crippen molar-refractivity contribution in [2.45, 2.75) is 51.6 Å². The third-order valence-corrected chi connectivity index (χ3v) is 8.35. The largest absolute Gasteiger partial charge is 0.497 e. The molecule has 2 amide bonds. The minimum Gasteiger partial charge on any atom is -0.497 e. The number of aryl methyl sites for hydroxylation is 1. The number of anilines is 1. The van der Waals surface area contributed by atoms with Crippen LogP contribution in [0.3, 0.4) is 0 Å². The number of sulfonamides is 1. The van der Waals surface area contributed by atoms with Gasteiger partial charge in [-0.15, -0.1) is 0 Å². The van der Waals surface area contributed by atoms with Crippen LogP contribution in [-0.4, -0.2) is 51.4 Å². The van der Waals surface area contributed by atoms with Crippen molar-refractivity contribution in [3.63, 3.8) is 0 Å². The third kappa shape index (κ3) is 7.63. The molecule has 0 aromatic heterocycles. The number of para-hydroxylation sites is 1. The number of nitrogens with one attached hydrogen (secondary N) is 1. The normalized spacial score (nSPS) is 12.1. The molecule has 0 aliphatic rings. The van der Waals surface area contributed by atoms with E-state index in [1.807, 2.05) is 39.0 Å². The molecule has 0 aliphatic carbocycles. The molecule has 1 N–H and O–H groups in total. The maximum absolute atomic E-state index is 14.1. The summed E-state index contributed by atoms with van der Waals surface area (Å²) in [4.78, 5) is 28.9. The minimum absolute atomic E-state index is 0.0782. The van der Waals surface area contributed by atoms with E-state index < -0.39 is 28.5 Å². The predicted octanol–water partition coefficient (Wildman–Crippen LogP) is 4.78. The van der Waals surface area contributed by atoms with E-state index in [4.69, 9.17) is 4.74 Å². The molecule has 9 heteroatoms. The first-order chi connectivity index (χ1) is 19.1. The van der Waals surface area contributed by atoms with Crippen molar-refractivity contribution < 1.29 is 22.7 Å². The molecule has 3 aromatic carbocycles. The average molecular weight is 566 g/mol. The van der Waals surface area contributed by atoms with Gasteiger partial charge in [-0.05, 0) is 60.7 Å². The Morgan fingerprint density at radius 2 is 1.55 bits per heavy atom. The van der Waals surface area contributed by atoms with Gasteiger partial charge in [-0.2, -0.15) is 0 Å². The molecular formula is C31H39N3O5S. The van der Waals surface area contributed by atoms with Crippen LogP contribution >= 0.6 is 0 Å². The highest BCUT2D eigenvalue weighted by molar-refractivity contribution is 7.92. The number of rotatable bonds is 13. The molecule has 0 fully saturated rings. The maximum Gasteiger partial charge on any atom is 0.264 e. The van der Waals surface area contributed by atoms with Crippen molar-refractivity contribution in [3.8, 4) is 5.75 Å². The van der Waals surface area contributed by atoms with Gasteiger partial charge in [-0.1, -0.05) is 69.3 Å². The molecule has 3 aromatic rings. The van der Waals surface area contributed by atoms with E-state index in [-0.39, 0.29) is 23.3 Å². The molecule has 0 aliphatic heterocycles. The predicted molar refractivity (Wildman–Crippen MR) is 158 cm³/mol. The van der Waals surface area contributed by atoms with Crippen LogP contribution in [0.4, 0.5) is 5.69 Å². The molecule has 0 saturated carbocycles. The van der Waals surface area contributed by atoms with E-state index in [9.17, 15) is 18.0 Å². The Balaban J connectivity index is 2.04. The molecule has 3 rings (SSSR count). The standard InChI is InChI=1S/C31H39N3O5S/c1-6-28(31(36)32-20-23(2)3)33(21-25-16-18-26(39-5)19-17-25)30(35)22-34(29-15-11-10-12-24(29)4)40(37,38)27-13-8-7-9-14-27/h7-19,23,28H,6,20-22H2,1-5H3,(H,32,36). The second-order valence-corrected chi connectivity index (χ2v) is 11.9. The van der Waals surface area contributed by atoms with Crippen molar-refractivity contribution in [2.24, 2.45) is 5.92 Å². The lowest BCUT2D eigenvalue weighted by Crippen LogP contribution is -2.52. The molecule has 1 atom stereocenters. The number of benzene rings is 3. The number of hydrogen-bond donors (Lipinski definition) is 1. The van der Waals surface area contributed by atoms with Crippen LogP contribution < -0.4 is 14.4 Å². The average Bonchev–Trinajstić information content (AvgIpc) is 2.95. The molecule has 0 saturated heterocycles. The van der Waals surface area contributed by atoms with Gasteiger partial charge in [0.2, 0.25) is 11.8 Å². The number of ether oxygens (including phenoxy) is 1. The van der Waals surface area contributed by atoms with E-state index >= 15 is 0 Å². The number of nitrogens with zero attached hydrogens (tertiary/aromatic N) is 2. The summed E-state index contributed by atoms with van der Waals surface area (Å²) in [5.74, 6) is 0.152. The number of carbonyl (C=O) groups is 2. The Bertz CT molecular complexity index is 1380. The number of hydrogen-bond acceptors (Lipinski definition) is 5. The van der Waals surface area contributed by atoms with Crippen LogP contribution in [0.2, 0.25) is 0 Å². The first-order valence-electron chi connectivity index (χ1n) is 13.4. The van der Waals surface area contributed by atoms with Crippen LogP contribution in [0.25, 0.3) is 0 Å². The first kappa shape index (κ1) is 30.7. The summed E-state index contributed by atoms with van der Waals surface area (Å²) in [5, 5.41) is 2.94. The second-order valence-electron chi connectivity index (χ2n) is 10.0. The van der Waals surface area contributed by atoms with Gasteiger partial charge in [-0.25, -0.2) is 8.42 Å². The Hall–Kier alpha value is -3.85. The second kappa shape index (κ2) is 14.0. The lowest BCUT2D eigenvalue weighted by Gasteiger charge is -2.33. The van der Waals surface area contributed by atoms with Crippen LogP contribution in [0.15, 0.2) is 83.8 Å². The first-order valence-corrected chi connectivity index (χ1v) is 14.9. The summed E-state index contributed by atoms with van der Waals surface area (Å²) in [6.07, 6.45) is 0.363. The fourth-order valence-corrected chi connectivity index (χ4v) is 5.85. The highest BCUT2D eigenvalue weighted by atomic mass is 32.2. The van der Waals surface area contributed by atoms with Gasteiger partial charge in [0.1, 0.15) is 18.3 Å². The molecule has 0 bridgehead atoms. The van der Waals surface area contributed by atoms with Crippen molar-refractivity contribution in [1.29, 1.82) is 0 Å². The van der Waals surface area contributed by atoms with Gasteiger partial charge in [0, 0.05) is 13.1 Å². The minimum atomic E-state index is -4.09. The van der Waals surface area contributed by atoms with Crippen LogP contribution in [-0.2, 0) is 26.2 Å². The highest BCUT2D eigenvalue weighted by Crippen LogP contribution is 2.27. The Labute approximate surface area is 238 Å². The summed E-state index contributed by atoms with van der Waals surface area (Å²) < 4.78 is 34.2. The summed E-state index contributed by atoms with van der Waals surface area (Å²) in [6.45, 7) is 7.77. The summed E-state index contributed by atoms with van der Waals surface area (Å²) >= 11 is 0. The Morgan fingerprint density at radius 1 is 0.925 bits per heavy atom. The number of methoxy groups -OCH3 is 1. The Kier molecular flexibility index (Phi) is 10.7. The van der Waals surface area contributed by atoms with E-state index in [1.165, 1.54) is 17.0 Å². The maximum atomic E-state index is 14.1. The molecule has 8 nitrogen and oxygen atoms in total. The van der Waals surface area contributed by atoms with Gasteiger partial charge < -0.3 is 15.0 Å². The van der Waals surface area contributed by atoms with Gasteiger partial charge in [0.05, 0.1) is 17.7 Å². The highest BCUT2D eigenvalue weighted by Gasteiger charge is 2.34. The topological polar surface area (TPSA) is 96.0 Å².